The first-order valence-corrected chi connectivity index (χ1v) is 7.70. The van der Waals surface area contributed by atoms with E-state index in [2.05, 4.69) is 0 Å². The number of rotatable bonds is 9. The summed E-state index contributed by atoms with van der Waals surface area (Å²) in [6, 6.07) is 9.80. The Balaban J connectivity index is 2.73. The van der Waals surface area contributed by atoms with Gasteiger partial charge in [-0.25, -0.2) is 0 Å². The summed E-state index contributed by atoms with van der Waals surface area (Å²) in [4.78, 5) is 14.6. The number of likely N-dealkylation sites (N-methyl/N-ethyl adjacent to an activating group) is 1. The van der Waals surface area contributed by atoms with Gasteiger partial charge in [-0.15, -0.1) is 0 Å². The lowest BCUT2D eigenvalue weighted by Gasteiger charge is -2.26. The molecule has 1 aromatic carbocycles. The van der Waals surface area contributed by atoms with Crippen LogP contribution in [0, 0.1) is 5.92 Å². The fraction of sp³-hybridized carbons (Fsp3) is 0.500. The van der Waals surface area contributed by atoms with Crippen LogP contribution in [0.15, 0.2) is 30.3 Å². The first kappa shape index (κ1) is 17.6. The summed E-state index contributed by atoms with van der Waals surface area (Å²) in [5, 5.41) is 0. The second-order valence-corrected chi connectivity index (χ2v) is 5.23. The molecule has 0 heterocycles. The van der Waals surface area contributed by atoms with Crippen molar-refractivity contribution in [1.29, 1.82) is 0 Å². The average Bonchev–Trinajstić information content (AvgIpc) is 2.49. The predicted octanol–water partition coefficient (Wildman–Crippen LogP) is 2.02. The molecule has 5 heteroatoms. The molecule has 0 spiro atoms. The molecule has 2 N–H and O–H groups in total. The number of hydrogen-bond acceptors (Lipinski definition) is 3. The minimum absolute atomic E-state index is 0.0199. The summed E-state index contributed by atoms with van der Waals surface area (Å²) in [6.45, 7) is 6.26. The Morgan fingerprint density at radius 1 is 1.33 bits per heavy atom. The van der Waals surface area contributed by atoms with E-state index in [1.54, 1.807) is 4.90 Å². The summed E-state index contributed by atoms with van der Waals surface area (Å²) >= 11 is 5.09. The van der Waals surface area contributed by atoms with E-state index in [1.165, 1.54) is 0 Å². The van der Waals surface area contributed by atoms with E-state index in [0.29, 0.717) is 32.7 Å². The highest BCUT2D eigenvalue weighted by Gasteiger charge is 2.26. The lowest BCUT2D eigenvalue weighted by Crippen LogP contribution is -2.43. The van der Waals surface area contributed by atoms with Gasteiger partial charge in [0.25, 0.3) is 0 Å². The maximum Gasteiger partial charge on any atom is 0.232 e. The van der Waals surface area contributed by atoms with Gasteiger partial charge in [-0.1, -0.05) is 42.5 Å². The van der Waals surface area contributed by atoms with Crippen LogP contribution in [-0.2, 0) is 16.0 Å². The largest absolute Gasteiger partial charge is 0.393 e. The Morgan fingerprint density at radius 3 is 2.52 bits per heavy atom. The summed E-state index contributed by atoms with van der Waals surface area (Å²) in [7, 11) is 0. The predicted molar refractivity (Wildman–Crippen MR) is 89.2 cm³/mol. The van der Waals surface area contributed by atoms with Gasteiger partial charge in [0, 0.05) is 19.7 Å². The van der Waals surface area contributed by atoms with E-state index in [-0.39, 0.29) is 10.9 Å². The molecule has 0 bridgehead atoms. The van der Waals surface area contributed by atoms with Gasteiger partial charge in [0.15, 0.2) is 0 Å². The molecule has 1 atom stereocenters. The van der Waals surface area contributed by atoms with Crippen LogP contribution in [-0.4, -0.2) is 42.1 Å². The number of hydrogen-bond donors (Lipinski definition) is 1. The molecule has 1 amide bonds. The van der Waals surface area contributed by atoms with Gasteiger partial charge in [-0.3, -0.25) is 4.79 Å². The summed E-state index contributed by atoms with van der Waals surface area (Å²) in [5.74, 6) is -0.475. The second-order valence-electron chi connectivity index (χ2n) is 4.76. The van der Waals surface area contributed by atoms with Crippen LogP contribution in [0.3, 0.4) is 0 Å². The highest BCUT2D eigenvalue weighted by molar-refractivity contribution is 7.80. The number of ether oxygens (including phenoxy) is 1. The SMILES string of the molecule is CCOCCN(CC)C(=O)C(Cc1ccccc1)C(N)=S. The van der Waals surface area contributed by atoms with Crippen molar-refractivity contribution in [1.82, 2.24) is 4.90 Å². The number of carbonyl (C=O) groups excluding carboxylic acids is 1. The quantitative estimate of drug-likeness (QED) is 0.560. The summed E-state index contributed by atoms with van der Waals surface area (Å²) in [6.07, 6.45) is 0.542. The van der Waals surface area contributed by atoms with Gasteiger partial charge in [-0.2, -0.15) is 0 Å². The van der Waals surface area contributed by atoms with E-state index in [4.69, 9.17) is 22.7 Å². The third-order valence-electron chi connectivity index (χ3n) is 3.33. The average molecular weight is 308 g/mol. The first-order chi connectivity index (χ1) is 10.1. The molecule has 0 aliphatic rings. The van der Waals surface area contributed by atoms with Crippen LogP contribution < -0.4 is 5.73 Å². The van der Waals surface area contributed by atoms with Crippen LogP contribution in [0.4, 0.5) is 0 Å². The van der Waals surface area contributed by atoms with Crippen molar-refractivity contribution in [3.8, 4) is 0 Å². The van der Waals surface area contributed by atoms with E-state index in [1.807, 2.05) is 44.2 Å². The second kappa shape index (κ2) is 9.47. The lowest BCUT2D eigenvalue weighted by atomic mass is 9.98. The van der Waals surface area contributed by atoms with Crippen LogP contribution in [0.5, 0.6) is 0 Å². The lowest BCUT2D eigenvalue weighted by molar-refractivity contribution is -0.133. The zero-order valence-electron chi connectivity index (χ0n) is 12.7. The van der Waals surface area contributed by atoms with E-state index in [9.17, 15) is 4.79 Å². The van der Waals surface area contributed by atoms with E-state index < -0.39 is 5.92 Å². The third-order valence-corrected chi connectivity index (χ3v) is 3.61. The molecule has 0 radical (unpaired) electrons. The normalized spacial score (nSPS) is 11.9. The highest BCUT2D eigenvalue weighted by atomic mass is 32.1. The topological polar surface area (TPSA) is 55.6 Å². The number of thiocarbonyl (C=S) groups is 1. The zero-order chi connectivity index (χ0) is 15.7. The Bertz CT molecular complexity index is 451. The smallest absolute Gasteiger partial charge is 0.232 e. The van der Waals surface area contributed by atoms with E-state index >= 15 is 0 Å². The van der Waals surface area contributed by atoms with Gasteiger partial charge < -0.3 is 15.4 Å². The molecular weight excluding hydrogens is 284 g/mol. The number of nitrogens with zero attached hydrogens (tertiary/aromatic N) is 1. The number of nitrogens with two attached hydrogens (primary N) is 1. The van der Waals surface area contributed by atoms with Gasteiger partial charge in [-0.05, 0) is 25.8 Å². The van der Waals surface area contributed by atoms with Gasteiger partial charge >= 0.3 is 0 Å². The van der Waals surface area contributed by atoms with Crippen molar-refractivity contribution in [3.63, 3.8) is 0 Å². The standard InChI is InChI=1S/C16H24N2O2S/c1-3-18(10-11-20-4-2)16(19)14(15(17)21)12-13-8-6-5-7-9-13/h5-9,14H,3-4,10-12H2,1-2H3,(H2,17,21). The molecule has 0 aromatic heterocycles. The minimum atomic E-state index is -0.455. The maximum atomic E-state index is 12.6. The molecule has 21 heavy (non-hydrogen) atoms. The molecule has 1 aromatic rings. The third kappa shape index (κ3) is 5.81. The minimum Gasteiger partial charge on any atom is -0.393 e. The molecule has 0 fully saturated rings. The van der Waals surface area contributed by atoms with Crippen molar-refractivity contribution in [2.24, 2.45) is 11.7 Å². The van der Waals surface area contributed by atoms with Crippen molar-refractivity contribution >= 4 is 23.1 Å². The maximum absolute atomic E-state index is 12.6. The first-order valence-electron chi connectivity index (χ1n) is 7.29. The van der Waals surface area contributed by atoms with Gasteiger partial charge in [0.2, 0.25) is 5.91 Å². The summed E-state index contributed by atoms with van der Waals surface area (Å²) < 4.78 is 5.32. The van der Waals surface area contributed by atoms with Crippen molar-refractivity contribution in [2.75, 3.05) is 26.3 Å². The zero-order valence-corrected chi connectivity index (χ0v) is 13.6. The fourth-order valence-corrected chi connectivity index (χ4v) is 2.31. The molecule has 4 nitrogen and oxygen atoms in total. The van der Waals surface area contributed by atoms with Crippen molar-refractivity contribution in [2.45, 2.75) is 20.3 Å². The number of amides is 1. The van der Waals surface area contributed by atoms with Crippen LogP contribution in [0.1, 0.15) is 19.4 Å². The van der Waals surface area contributed by atoms with Crippen molar-refractivity contribution in [3.05, 3.63) is 35.9 Å². The monoisotopic (exact) mass is 308 g/mol. The van der Waals surface area contributed by atoms with Crippen molar-refractivity contribution < 1.29 is 9.53 Å². The number of carbonyl (C=O) groups is 1. The van der Waals surface area contributed by atoms with Gasteiger partial charge in [0.05, 0.1) is 17.5 Å². The molecule has 1 rings (SSSR count). The van der Waals surface area contributed by atoms with Crippen LogP contribution in [0.25, 0.3) is 0 Å². The highest BCUT2D eigenvalue weighted by Crippen LogP contribution is 2.13. The molecule has 1 unspecified atom stereocenters. The van der Waals surface area contributed by atoms with Crippen LogP contribution in [0.2, 0.25) is 0 Å². The molecule has 116 valence electrons. The summed E-state index contributed by atoms with van der Waals surface area (Å²) in [5.41, 5.74) is 6.85. The molecule has 0 aliphatic carbocycles. The Hall–Kier alpha value is -1.46. The Kier molecular flexibility index (Phi) is 7.93. The molecular formula is C16H24N2O2S. The molecule has 0 saturated heterocycles. The fourth-order valence-electron chi connectivity index (χ4n) is 2.12. The molecule has 0 saturated carbocycles. The Labute approximate surface area is 132 Å². The van der Waals surface area contributed by atoms with Crippen LogP contribution >= 0.6 is 12.2 Å². The van der Waals surface area contributed by atoms with E-state index in [0.717, 1.165) is 5.56 Å². The van der Waals surface area contributed by atoms with Gasteiger partial charge in [0.1, 0.15) is 0 Å². The Morgan fingerprint density at radius 2 is 2.00 bits per heavy atom. The molecule has 0 aliphatic heterocycles. The number of benzene rings is 1.